The van der Waals surface area contributed by atoms with Crippen LogP contribution in [0, 0.1) is 0 Å². The number of hydrogen-bond acceptors (Lipinski definition) is 8. The Balaban J connectivity index is 1.52. The molecule has 0 bridgehead atoms. The first-order valence-electron chi connectivity index (χ1n) is 10.5. The summed E-state index contributed by atoms with van der Waals surface area (Å²) in [6, 6.07) is 12.6. The highest BCUT2D eigenvalue weighted by Crippen LogP contribution is 2.27. The summed E-state index contributed by atoms with van der Waals surface area (Å²) in [5.41, 5.74) is 1.76. The third-order valence-electron chi connectivity index (χ3n) is 5.51. The number of aromatic nitrogens is 2. The Bertz CT molecular complexity index is 1220. The molecule has 1 aliphatic heterocycles. The number of imide groups is 1. The summed E-state index contributed by atoms with van der Waals surface area (Å²) in [4.78, 5) is 39.7. The highest BCUT2D eigenvalue weighted by molar-refractivity contribution is 6.22. The van der Waals surface area contributed by atoms with Gasteiger partial charge in [0.15, 0.2) is 5.95 Å². The third-order valence-corrected chi connectivity index (χ3v) is 5.51. The number of amides is 3. The van der Waals surface area contributed by atoms with Crippen molar-refractivity contribution in [2.75, 3.05) is 24.4 Å². The molecule has 1 aromatic heterocycles. The zero-order chi connectivity index (χ0) is 24.4. The number of likely N-dealkylation sites (N-methyl/N-ethyl adjacent to an activating group) is 1. The van der Waals surface area contributed by atoms with Crippen LogP contribution in [-0.2, 0) is 20.9 Å². The van der Waals surface area contributed by atoms with E-state index in [4.69, 9.17) is 9.26 Å². The Labute approximate surface area is 195 Å². The molecule has 2 heterocycles. The number of carbonyl (C=O) groups is 3. The van der Waals surface area contributed by atoms with Gasteiger partial charge in [-0.25, -0.2) is 4.90 Å². The molecule has 4 rings (SSSR count). The number of hydrogen-bond donors (Lipinski definition) is 1. The predicted octanol–water partition coefficient (Wildman–Crippen LogP) is 0.756. The normalized spacial score (nSPS) is 15.8. The molecule has 0 spiro atoms. The summed E-state index contributed by atoms with van der Waals surface area (Å²) in [5.74, 6) is -0.968. The molecule has 1 unspecified atom stereocenters. The van der Waals surface area contributed by atoms with Crippen molar-refractivity contribution in [2.45, 2.75) is 25.9 Å². The Morgan fingerprint density at radius 2 is 1.91 bits per heavy atom. The summed E-state index contributed by atoms with van der Waals surface area (Å²) in [6.07, 6.45) is -0.0369. The van der Waals surface area contributed by atoms with Gasteiger partial charge in [0, 0.05) is 24.7 Å². The molecule has 11 nitrogen and oxygen atoms in total. The minimum absolute atomic E-state index is 0.0351. The van der Waals surface area contributed by atoms with Crippen LogP contribution in [0.2, 0.25) is 0 Å². The lowest BCUT2D eigenvalue weighted by Crippen LogP contribution is -2.44. The van der Waals surface area contributed by atoms with E-state index >= 15 is 0 Å². The van der Waals surface area contributed by atoms with Crippen molar-refractivity contribution in [3.8, 4) is 17.4 Å². The van der Waals surface area contributed by atoms with E-state index in [2.05, 4.69) is 10.6 Å². The third kappa shape index (κ3) is 4.46. The number of anilines is 2. The first-order chi connectivity index (χ1) is 16.3. The molecule has 0 aliphatic carbocycles. The van der Waals surface area contributed by atoms with Crippen LogP contribution in [0.4, 0.5) is 11.4 Å². The molecule has 1 saturated heterocycles. The van der Waals surface area contributed by atoms with Gasteiger partial charge in [0.25, 0.3) is 11.6 Å². The Morgan fingerprint density at radius 3 is 2.53 bits per heavy atom. The molecule has 34 heavy (non-hydrogen) atoms. The van der Waals surface area contributed by atoms with E-state index in [1.807, 2.05) is 0 Å². The van der Waals surface area contributed by atoms with E-state index < -0.39 is 17.9 Å². The van der Waals surface area contributed by atoms with Crippen molar-refractivity contribution < 1.29 is 33.4 Å². The quantitative estimate of drug-likeness (QED) is 0.400. The molecule has 0 saturated carbocycles. The van der Waals surface area contributed by atoms with Crippen molar-refractivity contribution in [1.82, 2.24) is 10.2 Å². The maximum atomic E-state index is 13.1. The van der Waals surface area contributed by atoms with Gasteiger partial charge in [-0.15, -0.1) is 0 Å². The zero-order valence-corrected chi connectivity index (χ0v) is 18.8. The van der Waals surface area contributed by atoms with Crippen LogP contribution in [0.15, 0.2) is 53.1 Å². The minimum atomic E-state index is -0.763. The van der Waals surface area contributed by atoms with Gasteiger partial charge in [-0.05, 0) is 48.1 Å². The number of carbonyl (C=O) groups excluding carboxylic acids is 3. The van der Waals surface area contributed by atoms with E-state index in [0.29, 0.717) is 22.8 Å². The highest BCUT2D eigenvalue weighted by Gasteiger charge is 2.42. The van der Waals surface area contributed by atoms with E-state index in [9.17, 15) is 19.5 Å². The lowest BCUT2D eigenvalue weighted by molar-refractivity contribution is -0.678. The fraction of sp³-hybridized carbons (Fsp3) is 0.261. The number of methoxy groups -OCH3 is 1. The zero-order valence-electron chi connectivity index (χ0n) is 18.8. The monoisotopic (exact) mass is 465 g/mol. The molecule has 2 aromatic carbocycles. The molecule has 1 atom stereocenters. The maximum Gasteiger partial charge on any atom is 0.254 e. The fourth-order valence-electron chi connectivity index (χ4n) is 3.80. The SMILES string of the molecule is COc1ccc(-[n+]2noc([O-])c2CN(C)C2CC(=O)N(c3ccc(NC(C)=O)cc3)C2=O)cc1. The average Bonchev–Trinajstić information content (AvgIpc) is 3.32. The Kier molecular flexibility index (Phi) is 6.28. The highest BCUT2D eigenvalue weighted by atomic mass is 16.6. The number of nitrogens with zero attached hydrogens (tertiary/aromatic N) is 4. The van der Waals surface area contributed by atoms with Gasteiger partial charge in [-0.2, -0.15) is 0 Å². The van der Waals surface area contributed by atoms with E-state index in [1.165, 1.54) is 11.6 Å². The van der Waals surface area contributed by atoms with Crippen molar-refractivity contribution in [3.05, 3.63) is 54.2 Å². The first kappa shape index (κ1) is 22.9. The van der Waals surface area contributed by atoms with Gasteiger partial charge in [0.1, 0.15) is 5.75 Å². The van der Waals surface area contributed by atoms with Gasteiger partial charge in [0.2, 0.25) is 17.5 Å². The van der Waals surface area contributed by atoms with E-state index in [-0.39, 0.29) is 30.5 Å². The van der Waals surface area contributed by atoms with Crippen LogP contribution < -0.4 is 24.7 Å². The van der Waals surface area contributed by atoms with Crippen LogP contribution in [0.1, 0.15) is 19.0 Å². The Morgan fingerprint density at radius 1 is 1.24 bits per heavy atom. The first-order valence-corrected chi connectivity index (χ1v) is 10.5. The van der Waals surface area contributed by atoms with Crippen molar-refractivity contribution in [2.24, 2.45) is 0 Å². The fourth-order valence-corrected chi connectivity index (χ4v) is 3.80. The number of rotatable bonds is 7. The molecule has 1 aliphatic rings. The van der Waals surface area contributed by atoms with E-state index in [0.717, 1.165) is 4.90 Å². The lowest BCUT2D eigenvalue weighted by Gasteiger charge is -2.21. The minimum Gasteiger partial charge on any atom is -0.539 e. The summed E-state index contributed by atoms with van der Waals surface area (Å²) >= 11 is 0. The second kappa shape index (κ2) is 9.32. The molecule has 3 amide bonds. The van der Waals surface area contributed by atoms with Gasteiger partial charge >= 0.3 is 0 Å². The van der Waals surface area contributed by atoms with Crippen LogP contribution in [0.25, 0.3) is 5.69 Å². The Hall–Kier alpha value is -4.25. The largest absolute Gasteiger partial charge is 0.539 e. The van der Waals surface area contributed by atoms with Gasteiger partial charge < -0.3 is 19.7 Å². The van der Waals surface area contributed by atoms with Crippen molar-refractivity contribution in [3.63, 3.8) is 0 Å². The van der Waals surface area contributed by atoms with Crippen LogP contribution >= 0.6 is 0 Å². The van der Waals surface area contributed by atoms with Gasteiger partial charge in [-0.1, -0.05) is 0 Å². The second-order valence-electron chi connectivity index (χ2n) is 7.85. The predicted molar refractivity (Wildman–Crippen MR) is 117 cm³/mol. The molecule has 11 heteroatoms. The molecular formula is C23H23N5O6. The van der Waals surface area contributed by atoms with Crippen molar-refractivity contribution in [1.29, 1.82) is 0 Å². The van der Waals surface area contributed by atoms with Crippen LogP contribution in [-0.4, -0.2) is 48.1 Å². The molecule has 1 fully saturated rings. The summed E-state index contributed by atoms with van der Waals surface area (Å²) in [7, 11) is 3.21. The second-order valence-corrected chi connectivity index (χ2v) is 7.85. The molecule has 0 radical (unpaired) electrons. The molecule has 176 valence electrons. The van der Waals surface area contributed by atoms with Gasteiger partial charge in [-0.3, -0.25) is 19.3 Å². The lowest BCUT2D eigenvalue weighted by atomic mass is 10.2. The average molecular weight is 465 g/mol. The molecule has 1 N–H and O–H groups in total. The van der Waals surface area contributed by atoms with E-state index in [1.54, 1.807) is 67.6 Å². The van der Waals surface area contributed by atoms with Gasteiger partial charge in [0.05, 0.1) is 37.1 Å². The number of ether oxygens (including phenoxy) is 1. The summed E-state index contributed by atoms with van der Waals surface area (Å²) in [6.45, 7) is 1.43. The maximum absolute atomic E-state index is 13.1. The molecular weight excluding hydrogens is 442 g/mol. The topological polar surface area (TPSA) is 132 Å². The number of benzene rings is 2. The van der Waals surface area contributed by atoms with Crippen molar-refractivity contribution >= 4 is 29.1 Å². The smallest absolute Gasteiger partial charge is 0.254 e. The standard InChI is InChI=1S/C23H23N5O6/c1-14(29)24-15-4-6-16(7-5-15)27-21(30)12-19(22(27)31)26(2)13-20-23(32)34-25-28(20)17-8-10-18(33-3)11-9-17/h4-11,19H,12-13H2,1-3H3,(H-,24,25,29,32). The summed E-state index contributed by atoms with van der Waals surface area (Å²) < 4.78 is 11.4. The molecule has 3 aromatic rings. The van der Waals surface area contributed by atoms with Crippen LogP contribution in [0.5, 0.6) is 11.7 Å². The summed E-state index contributed by atoms with van der Waals surface area (Å²) in [5, 5.41) is 18.8. The van der Waals surface area contributed by atoms with Crippen LogP contribution in [0.3, 0.4) is 0 Å². The number of nitrogens with one attached hydrogen (secondary N) is 1.